The number of hydrogen-bond acceptors (Lipinski definition) is 3. The van der Waals surface area contributed by atoms with Crippen molar-refractivity contribution in [2.45, 2.75) is 31.8 Å². The second kappa shape index (κ2) is 6.89. The fourth-order valence-corrected chi connectivity index (χ4v) is 2.20. The number of imidazole rings is 1. The summed E-state index contributed by atoms with van der Waals surface area (Å²) >= 11 is 0. The van der Waals surface area contributed by atoms with E-state index in [4.69, 9.17) is 0 Å². The lowest BCUT2D eigenvalue weighted by molar-refractivity contribution is -0.146. The Morgan fingerprint density at radius 1 is 1.32 bits per heavy atom. The second-order valence-corrected chi connectivity index (χ2v) is 5.40. The van der Waals surface area contributed by atoms with E-state index in [0.717, 1.165) is 5.56 Å². The maximum absolute atomic E-state index is 12.0. The number of aromatic nitrogens is 2. The van der Waals surface area contributed by atoms with E-state index in [2.05, 4.69) is 10.3 Å². The van der Waals surface area contributed by atoms with Crippen LogP contribution in [0.25, 0.3) is 0 Å². The molecule has 6 nitrogen and oxygen atoms in total. The summed E-state index contributed by atoms with van der Waals surface area (Å²) in [5.74, 6) is -1.35. The minimum atomic E-state index is -1.33. The van der Waals surface area contributed by atoms with Crippen LogP contribution in [-0.4, -0.2) is 32.1 Å². The SMILES string of the molecule is C[C@](Cc1ccccc1)(NC(=O)CCn1ccnc1)C(=O)O. The maximum Gasteiger partial charge on any atom is 0.329 e. The lowest BCUT2D eigenvalue weighted by Crippen LogP contribution is -2.53. The van der Waals surface area contributed by atoms with Gasteiger partial charge in [0.05, 0.1) is 6.33 Å². The molecule has 2 rings (SSSR count). The number of amides is 1. The number of carboxylic acid groups (broad SMARTS) is 1. The molecule has 1 atom stereocenters. The van der Waals surface area contributed by atoms with Gasteiger partial charge < -0.3 is 15.0 Å². The van der Waals surface area contributed by atoms with Gasteiger partial charge in [-0.25, -0.2) is 9.78 Å². The van der Waals surface area contributed by atoms with E-state index in [-0.39, 0.29) is 18.7 Å². The van der Waals surface area contributed by atoms with E-state index in [0.29, 0.717) is 6.54 Å². The summed E-state index contributed by atoms with van der Waals surface area (Å²) in [4.78, 5) is 27.5. The molecule has 0 aliphatic rings. The van der Waals surface area contributed by atoms with E-state index < -0.39 is 11.5 Å². The predicted molar refractivity (Wildman–Crippen MR) is 81.2 cm³/mol. The van der Waals surface area contributed by atoms with Crippen LogP contribution in [0.5, 0.6) is 0 Å². The Kier molecular flexibility index (Phi) is 4.93. The quantitative estimate of drug-likeness (QED) is 0.811. The van der Waals surface area contributed by atoms with Gasteiger partial charge in [0.1, 0.15) is 5.54 Å². The van der Waals surface area contributed by atoms with Crippen molar-refractivity contribution < 1.29 is 14.7 Å². The van der Waals surface area contributed by atoms with Crippen molar-refractivity contribution in [3.8, 4) is 0 Å². The molecular formula is C16H19N3O3. The molecule has 0 spiro atoms. The van der Waals surface area contributed by atoms with Gasteiger partial charge in [-0.05, 0) is 12.5 Å². The number of nitrogens with one attached hydrogen (secondary N) is 1. The lowest BCUT2D eigenvalue weighted by atomic mass is 9.92. The van der Waals surface area contributed by atoms with E-state index in [1.807, 2.05) is 30.3 Å². The number of nitrogens with zero attached hydrogens (tertiary/aromatic N) is 2. The molecule has 116 valence electrons. The molecule has 0 aliphatic carbocycles. The Bertz CT molecular complexity index is 625. The molecule has 2 N–H and O–H groups in total. The van der Waals surface area contributed by atoms with Crippen molar-refractivity contribution in [2.24, 2.45) is 0 Å². The number of benzene rings is 1. The van der Waals surface area contributed by atoms with Crippen molar-refractivity contribution in [1.29, 1.82) is 0 Å². The molecule has 0 radical (unpaired) electrons. The molecule has 0 saturated carbocycles. The first kappa shape index (κ1) is 15.8. The summed E-state index contributed by atoms with van der Waals surface area (Å²) in [5.41, 5.74) is -0.463. The Balaban J connectivity index is 1.98. The zero-order valence-electron chi connectivity index (χ0n) is 12.4. The third kappa shape index (κ3) is 4.18. The number of rotatable bonds is 7. The average Bonchev–Trinajstić information content (AvgIpc) is 2.99. The van der Waals surface area contributed by atoms with Crippen molar-refractivity contribution in [2.75, 3.05) is 0 Å². The number of carbonyl (C=O) groups is 2. The van der Waals surface area contributed by atoms with Gasteiger partial charge >= 0.3 is 5.97 Å². The largest absolute Gasteiger partial charge is 0.480 e. The molecule has 0 unspecified atom stereocenters. The minimum absolute atomic E-state index is 0.202. The molecular weight excluding hydrogens is 282 g/mol. The van der Waals surface area contributed by atoms with Crippen molar-refractivity contribution in [3.63, 3.8) is 0 Å². The van der Waals surface area contributed by atoms with Crippen LogP contribution in [0.1, 0.15) is 18.9 Å². The van der Waals surface area contributed by atoms with E-state index >= 15 is 0 Å². The fourth-order valence-electron chi connectivity index (χ4n) is 2.20. The van der Waals surface area contributed by atoms with Gasteiger partial charge in [-0.15, -0.1) is 0 Å². The van der Waals surface area contributed by atoms with Gasteiger partial charge in [0.2, 0.25) is 5.91 Å². The average molecular weight is 301 g/mol. The Morgan fingerprint density at radius 2 is 2.05 bits per heavy atom. The standard InChI is InChI=1S/C16H19N3O3/c1-16(15(21)22,11-13-5-3-2-4-6-13)18-14(20)7-9-19-10-8-17-12-19/h2-6,8,10,12H,7,9,11H2,1H3,(H,18,20)(H,21,22)/t16-/m1/s1. The van der Waals surface area contributed by atoms with E-state index in [1.165, 1.54) is 6.92 Å². The maximum atomic E-state index is 12.0. The normalized spacial score (nSPS) is 13.3. The summed E-state index contributed by atoms with van der Waals surface area (Å²) in [6, 6.07) is 9.25. The Morgan fingerprint density at radius 3 is 2.64 bits per heavy atom. The Hall–Kier alpha value is -2.63. The zero-order valence-corrected chi connectivity index (χ0v) is 12.4. The highest BCUT2D eigenvalue weighted by molar-refractivity contribution is 5.86. The molecule has 1 heterocycles. The van der Waals surface area contributed by atoms with E-state index in [9.17, 15) is 14.7 Å². The van der Waals surface area contributed by atoms with Crippen LogP contribution in [0, 0.1) is 0 Å². The second-order valence-electron chi connectivity index (χ2n) is 5.40. The first-order valence-corrected chi connectivity index (χ1v) is 7.04. The summed E-state index contributed by atoms with van der Waals surface area (Å²) in [6.07, 6.45) is 5.45. The number of carboxylic acids is 1. The molecule has 0 fully saturated rings. The van der Waals surface area contributed by atoms with Crippen molar-refractivity contribution >= 4 is 11.9 Å². The summed E-state index contributed by atoms with van der Waals surface area (Å²) in [6.45, 7) is 1.99. The van der Waals surface area contributed by atoms with Crippen LogP contribution >= 0.6 is 0 Å². The molecule has 2 aromatic rings. The molecule has 22 heavy (non-hydrogen) atoms. The van der Waals surface area contributed by atoms with Crippen molar-refractivity contribution in [1.82, 2.24) is 14.9 Å². The summed E-state index contributed by atoms with van der Waals surface area (Å²) in [5, 5.41) is 12.1. The smallest absolute Gasteiger partial charge is 0.329 e. The van der Waals surface area contributed by atoms with Crippen molar-refractivity contribution in [3.05, 3.63) is 54.6 Å². The van der Waals surface area contributed by atoms with Crippen LogP contribution in [0.2, 0.25) is 0 Å². The monoisotopic (exact) mass is 301 g/mol. The minimum Gasteiger partial charge on any atom is -0.480 e. The summed E-state index contributed by atoms with van der Waals surface area (Å²) < 4.78 is 1.77. The Labute approximate surface area is 128 Å². The fraction of sp³-hybridized carbons (Fsp3) is 0.312. The highest BCUT2D eigenvalue weighted by Crippen LogP contribution is 2.14. The predicted octanol–water partition coefficient (Wildman–Crippen LogP) is 1.48. The van der Waals surface area contributed by atoms with Gasteiger partial charge in [-0.2, -0.15) is 0 Å². The molecule has 6 heteroatoms. The third-order valence-corrected chi connectivity index (χ3v) is 3.44. The third-order valence-electron chi connectivity index (χ3n) is 3.44. The van der Waals surface area contributed by atoms with Crippen LogP contribution in [0.3, 0.4) is 0 Å². The van der Waals surface area contributed by atoms with Gasteiger partial charge in [0.15, 0.2) is 0 Å². The van der Waals surface area contributed by atoms with E-state index in [1.54, 1.807) is 23.3 Å². The summed E-state index contributed by atoms with van der Waals surface area (Å²) in [7, 11) is 0. The molecule has 0 aliphatic heterocycles. The van der Waals surface area contributed by atoms with Crippen LogP contribution < -0.4 is 5.32 Å². The number of aliphatic carboxylic acids is 1. The van der Waals surface area contributed by atoms with Gasteiger partial charge in [-0.3, -0.25) is 4.79 Å². The molecule has 1 aromatic carbocycles. The highest BCUT2D eigenvalue weighted by Gasteiger charge is 2.34. The molecule has 1 amide bonds. The highest BCUT2D eigenvalue weighted by atomic mass is 16.4. The topological polar surface area (TPSA) is 84.2 Å². The van der Waals surface area contributed by atoms with Crippen LogP contribution in [0.15, 0.2) is 49.1 Å². The molecule has 0 saturated heterocycles. The zero-order chi connectivity index (χ0) is 16.0. The number of carbonyl (C=O) groups excluding carboxylic acids is 1. The number of hydrogen-bond donors (Lipinski definition) is 2. The van der Waals surface area contributed by atoms with Crippen LogP contribution in [-0.2, 0) is 22.6 Å². The van der Waals surface area contributed by atoms with Crippen LogP contribution in [0.4, 0.5) is 0 Å². The van der Waals surface area contributed by atoms with Gasteiger partial charge in [-0.1, -0.05) is 30.3 Å². The number of aryl methyl sites for hydroxylation is 1. The first-order valence-electron chi connectivity index (χ1n) is 7.04. The molecule has 1 aromatic heterocycles. The van der Waals surface area contributed by atoms with Gasteiger partial charge in [0, 0.05) is 31.8 Å². The lowest BCUT2D eigenvalue weighted by Gasteiger charge is -2.26. The van der Waals surface area contributed by atoms with Gasteiger partial charge in [0.25, 0.3) is 0 Å². The first-order chi connectivity index (χ1) is 10.5. The molecule has 0 bridgehead atoms.